The first kappa shape index (κ1) is 10.6. The lowest BCUT2D eigenvalue weighted by atomic mass is 15.8. The summed E-state index contributed by atoms with van der Waals surface area (Å²) in [5.41, 5.74) is 0. The summed E-state index contributed by atoms with van der Waals surface area (Å²) in [5.74, 6) is 0. The average molecular weight is 163 g/mol. The van der Waals surface area contributed by atoms with Crippen LogP contribution in [0.4, 0.5) is 0 Å². The standard InChI is InChI=1S/Al.ClHO4S.3H/c;1-5-6(2,3)4;;;/h;(H,2,3,4);;;. The fourth-order valence-electron chi connectivity index (χ4n) is 0. The lowest BCUT2D eigenvalue weighted by Crippen LogP contribution is -1.92. The van der Waals surface area contributed by atoms with Crippen molar-refractivity contribution in [3.63, 3.8) is 0 Å². The average Bonchev–Trinajstić information content (AvgIpc) is 1.35. The van der Waals surface area contributed by atoms with Crippen LogP contribution in [0, 0.1) is 0 Å². The molecular formula is H4AlClO4S. The lowest BCUT2D eigenvalue weighted by Gasteiger charge is -1.77. The molecule has 0 aromatic heterocycles. The highest BCUT2D eigenvalue weighted by Crippen LogP contribution is 1.86. The van der Waals surface area contributed by atoms with Gasteiger partial charge in [0.05, 0.1) is 11.9 Å². The molecule has 0 aliphatic carbocycles. The van der Waals surface area contributed by atoms with E-state index in [-0.39, 0.29) is 17.4 Å². The molecule has 0 rings (SSSR count). The molecule has 7 heteroatoms. The summed E-state index contributed by atoms with van der Waals surface area (Å²) in [5, 5.41) is 0. The summed E-state index contributed by atoms with van der Waals surface area (Å²) in [6.45, 7) is 0. The molecule has 0 unspecified atom stereocenters. The van der Waals surface area contributed by atoms with Crippen molar-refractivity contribution in [1.29, 1.82) is 0 Å². The zero-order chi connectivity index (χ0) is 5.21. The second-order valence-electron chi connectivity index (χ2n) is 0.491. The summed E-state index contributed by atoms with van der Waals surface area (Å²) in [6, 6.07) is 0. The van der Waals surface area contributed by atoms with Gasteiger partial charge in [-0.05, 0) is 0 Å². The van der Waals surface area contributed by atoms with Gasteiger partial charge in [0.15, 0.2) is 17.4 Å². The predicted octanol–water partition coefficient (Wildman–Crippen LogP) is -1.22. The molecule has 0 aliphatic heterocycles. The van der Waals surface area contributed by atoms with Crippen molar-refractivity contribution in [3.8, 4) is 0 Å². The predicted molar refractivity (Wildman–Crippen MR) is 28.4 cm³/mol. The Kier molecular flexibility index (Phi) is 5.57. The van der Waals surface area contributed by atoms with Gasteiger partial charge in [-0.3, -0.25) is 4.55 Å². The first-order valence-electron chi connectivity index (χ1n) is 0.837. The van der Waals surface area contributed by atoms with Gasteiger partial charge in [-0.25, -0.2) is 0 Å². The van der Waals surface area contributed by atoms with Crippen LogP contribution in [0.15, 0.2) is 0 Å². The Balaban J connectivity index is 0. The fraction of sp³-hybridized carbons (Fsp3) is 0. The molecule has 0 saturated carbocycles. The van der Waals surface area contributed by atoms with Gasteiger partial charge in [-0.2, -0.15) is 8.42 Å². The van der Waals surface area contributed by atoms with Gasteiger partial charge in [-0.15, -0.1) is 3.74 Å². The summed E-state index contributed by atoms with van der Waals surface area (Å²) in [4.78, 5) is 0. The molecular weight excluding hydrogens is 158 g/mol. The number of hydrogen-bond donors (Lipinski definition) is 1. The van der Waals surface area contributed by atoms with E-state index < -0.39 is 10.4 Å². The highest BCUT2D eigenvalue weighted by atomic mass is 35.5. The molecule has 0 radical (unpaired) electrons. The zero-order valence-electron chi connectivity index (χ0n) is 2.46. The largest absolute Gasteiger partial charge is 0.413 e. The maximum atomic E-state index is 9.20. The van der Waals surface area contributed by atoms with Crippen molar-refractivity contribution < 1.29 is 16.7 Å². The summed E-state index contributed by atoms with van der Waals surface area (Å²) < 4.78 is 28.8. The minimum absolute atomic E-state index is 0. The number of hydrogen-bond acceptors (Lipinski definition) is 3. The third-order valence-corrected chi connectivity index (χ3v) is 0.716. The molecule has 1 N–H and O–H groups in total. The maximum absolute atomic E-state index is 9.20. The first-order chi connectivity index (χ1) is 2.56. The molecule has 0 atom stereocenters. The van der Waals surface area contributed by atoms with Crippen LogP contribution in [-0.2, 0) is 14.1 Å². The molecule has 0 bridgehead atoms. The van der Waals surface area contributed by atoms with Crippen LogP contribution in [-0.4, -0.2) is 30.3 Å². The molecule has 0 heterocycles. The summed E-state index contributed by atoms with van der Waals surface area (Å²) in [6.07, 6.45) is 0. The van der Waals surface area contributed by atoms with E-state index in [0.717, 1.165) is 0 Å². The highest BCUT2D eigenvalue weighted by Gasteiger charge is 1.97. The molecule has 0 spiro atoms. The minimum Gasteiger partial charge on any atom is -0.263 e. The van der Waals surface area contributed by atoms with Crippen LogP contribution < -0.4 is 0 Å². The molecule has 0 saturated heterocycles. The van der Waals surface area contributed by atoms with E-state index in [0.29, 0.717) is 0 Å². The fourth-order valence-corrected chi connectivity index (χ4v) is 0. The Labute approximate surface area is 56.7 Å². The Morgan fingerprint density at radius 1 is 1.57 bits per heavy atom. The third-order valence-electron chi connectivity index (χ3n) is 0.0796. The number of rotatable bonds is 1. The van der Waals surface area contributed by atoms with Gasteiger partial charge in [0.2, 0.25) is 0 Å². The van der Waals surface area contributed by atoms with Crippen molar-refractivity contribution in [2.24, 2.45) is 0 Å². The molecule has 44 valence electrons. The summed E-state index contributed by atoms with van der Waals surface area (Å²) in [7, 11) is -4.40. The molecule has 0 aromatic carbocycles. The Morgan fingerprint density at radius 3 is 1.71 bits per heavy atom. The topological polar surface area (TPSA) is 63.6 Å². The van der Waals surface area contributed by atoms with Gasteiger partial charge in [0.1, 0.15) is 0 Å². The molecule has 4 nitrogen and oxygen atoms in total. The Bertz CT molecular complexity index is 114. The Hall–Kier alpha value is 0.692. The highest BCUT2D eigenvalue weighted by molar-refractivity contribution is 7.81. The van der Waals surface area contributed by atoms with Crippen molar-refractivity contribution in [3.05, 3.63) is 0 Å². The van der Waals surface area contributed by atoms with E-state index in [9.17, 15) is 8.42 Å². The maximum Gasteiger partial charge on any atom is 0.413 e. The number of halogens is 1. The van der Waals surface area contributed by atoms with E-state index in [1.165, 1.54) is 0 Å². The van der Waals surface area contributed by atoms with Gasteiger partial charge in [0.25, 0.3) is 0 Å². The van der Waals surface area contributed by atoms with Gasteiger partial charge in [0, 0.05) is 0 Å². The first-order valence-corrected chi connectivity index (χ1v) is 2.51. The molecule has 0 amide bonds. The monoisotopic (exact) mass is 162 g/mol. The second kappa shape index (κ2) is 3.66. The van der Waals surface area contributed by atoms with Crippen LogP contribution in [0.2, 0.25) is 0 Å². The van der Waals surface area contributed by atoms with E-state index in [1.54, 1.807) is 0 Å². The van der Waals surface area contributed by atoms with E-state index in [2.05, 4.69) is 15.6 Å². The van der Waals surface area contributed by atoms with E-state index in [4.69, 9.17) is 4.55 Å². The molecule has 7 heavy (non-hydrogen) atoms. The van der Waals surface area contributed by atoms with E-state index >= 15 is 0 Å². The van der Waals surface area contributed by atoms with Crippen LogP contribution in [0.3, 0.4) is 0 Å². The normalized spacial score (nSPS) is 10.0. The zero-order valence-corrected chi connectivity index (χ0v) is 4.03. The quantitative estimate of drug-likeness (QED) is 0.388. The van der Waals surface area contributed by atoms with Gasteiger partial charge < -0.3 is 0 Å². The van der Waals surface area contributed by atoms with E-state index in [1.807, 2.05) is 0 Å². The summed E-state index contributed by atoms with van der Waals surface area (Å²) >= 11 is 4.14. The molecule has 0 aromatic rings. The van der Waals surface area contributed by atoms with Crippen molar-refractivity contribution in [2.75, 3.05) is 0 Å². The van der Waals surface area contributed by atoms with Gasteiger partial charge >= 0.3 is 10.4 Å². The smallest absolute Gasteiger partial charge is 0.263 e. The molecule has 0 aliphatic rings. The van der Waals surface area contributed by atoms with Crippen LogP contribution in [0.1, 0.15) is 0 Å². The van der Waals surface area contributed by atoms with Crippen LogP contribution in [0.25, 0.3) is 0 Å². The Morgan fingerprint density at radius 2 is 1.71 bits per heavy atom. The van der Waals surface area contributed by atoms with Gasteiger partial charge in [-0.1, -0.05) is 0 Å². The lowest BCUT2D eigenvalue weighted by molar-refractivity contribution is 0.400. The van der Waals surface area contributed by atoms with Crippen molar-refractivity contribution >= 4 is 39.6 Å². The SMILES string of the molecule is O=S(=O)(O)OCl.[AlH3]. The second-order valence-corrected chi connectivity index (χ2v) is 1.85. The van der Waals surface area contributed by atoms with Crippen molar-refractivity contribution in [2.45, 2.75) is 0 Å². The van der Waals surface area contributed by atoms with Crippen LogP contribution in [0.5, 0.6) is 0 Å². The van der Waals surface area contributed by atoms with Crippen molar-refractivity contribution in [1.82, 2.24) is 0 Å². The molecule has 0 fully saturated rings. The minimum atomic E-state index is -4.40. The third kappa shape index (κ3) is 10.8. The van der Waals surface area contributed by atoms with Crippen LogP contribution >= 0.6 is 11.9 Å².